The summed E-state index contributed by atoms with van der Waals surface area (Å²) < 4.78 is 39.8. The molecule has 2 aromatic carbocycles. The molecule has 1 aliphatic heterocycles. The monoisotopic (exact) mass is 305 g/mol. The Morgan fingerprint density at radius 3 is 2.41 bits per heavy atom. The molecule has 5 heteroatoms. The molecule has 114 valence electrons. The molecular weight excluding hydrogens is 291 g/mol. The van der Waals surface area contributed by atoms with E-state index >= 15 is 0 Å². The van der Waals surface area contributed by atoms with Crippen molar-refractivity contribution in [3.63, 3.8) is 0 Å². The lowest BCUT2D eigenvalue weighted by atomic mass is 10.1. The van der Waals surface area contributed by atoms with Gasteiger partial charge in [0, 0.05) is 17.8 Å². The molecule has 0 fully saturated rings. The minimum atomic E-state index is -1.56. The highest BCUT2D eigenvalue weighted by Crippen LogP contribution is 2.28. The molecule has 1 aliphatic rings. The van der Waals surface area contributed by atoms with Gasteiger partial charge in [0.05, 0.1) is 0 Å². The number of amides is 1. The Bertz CT molecular complexity index is 707. The summed E-state index contributed by atoms with van der Waals surface area (Å²) in [5.41, 5.74) is 1.58. The van der Waals surface area contributed by atoms with Gasteiger partial charge in [-0.2, -0.15) is 0 Å². The van der Waals surface area contributed by atoms with Gasteiger partial charge in [0.25, 0.3) is 5.91 Å². The average molecular weight is 305 g/mol. The molecule has 1 heterocycles. The molecular formula is C17H14F3NO. The van der Waals surface area contributed by atoms with Crippen LogP contribution in [0.1, 0.15) is 28.8 Å². The molecule has 0 atom stereocenters. The predicted octanol–water partition coefficient (Wildman–Crippen LogP) is 4.09. The van der Waals surface area contributed by atoms with E-state index in [9.17, 15) is 18.0 Å². The largest absolute Gasteiger partial charge is 0.308 e. The molecule has 0 radical (unpaired) electrons. The highest BCUT2D eigenvalue weighted by molar-refractivity contribution is 6.06. The van der Waals surface area contributed by atoms with E-state index in [1.165, 1.54) is 4.90 Å². The lowest BCUT2D eigenvalue weighted by molar-refractivity contribution is 0.0986. The van der Waals surface area contributed by atoms with Gasteiger partial charge in [0.2, 0.25) is 0 Å². The third kappa shape index (κ3) is 2.58. The zero-order chi connectivity index (χ0) is 15.7. The molecule has 2 nitrogen and oxygen atoms in total. The maximum absolute atomic E-state index is 13.4. The van der Waals surface area contributed by atoms with Crippen molar-refractivity contribution >= 4 is 11.6 Å². The van der Waals surface area contributed by atoms with E-state index in [4.69, 9.17) is 0 Å². The Morgan fingerprint density at radius 2 is 1.68 bits per heavy atom. The predicted molar refractivity (Wildman–Crippen MR) is 77.4 cm³/mol. The van der Waals surface area contributed by atoms with Gasteiger partial charge in [-0.1, -0.05) is 18.2 Å². The molecule has 0 bridgehead atoms. The summed E-state index contributed by atoms with van der Waals surface area (Å²) >= 11 is 0. The summed E-state index contributed by atoms with van der Waals surface area (Å²) in [4.78, 5) is 14.1. The minimum absolute atomic E-state index is 0.187. The molecule has 0 aromatic heterocycles. The van der Waals surface area contributed by atoms with E-state index in [-0.39, 0.29) is 5.56 Å². The molecule has 0 aliphatic carbocycles. The maximum atomic E-state index is 13.4. The highest BCUT2D eigenvalue weighted by atomic mass is 19.2. The van der Waals surface area contributed by atoms with Gasteiger partial charge in [0.1, 0.15) is 0 Å². The van der Waals surface area contributed by atoms with Crippen LogP contribution in [0.4, 0.5) is 18.9 Å². The Labute approximate surface area is 126 Å². The van der Waals surface area contributed by atoms with Crippen molar-refractivity contribution in [3.05, 3.63) is 65.0 Å². The third-order valence-electron chi connectivity index (χ3n) is 3.84. The van der Waals surface area contributed by atoms with Crippen LogP contribution >= 0.6 is 0 Å². The number of hydrogen-bond acceptors (Lipinski definition) is 1. The van der Waals surface area contributed by atoms with E-state index in [2.05, 4.69) is 0 Å². The van der Waals surface area contributed by atoms with Gasteiger partial charge >= 0.3 is 0 Å². The lowest BCUT2D eigenvalue weighted by Crippen LogP contribution is -2.32. The summed E-state index contributed by atoms with van der Waals surface area (Å²) in [6.45, 7) is 0.469. The summed E-state index contributed by atoms with van der Waals surface area (Å²) in [7, 11) is 0. The topological polar surface area (TPSA) is 20.3 Å². The van der Waals surface area contributed by atoms with Crippen molar-refractivity contribution in [3.8, 4) is 0 Å². The number of nitrogens with zero attached hydrogens (tertiary/aromatic N) is 1. The Morgan fingerprint density at radius 1 is 1.00 bits per heavy atom. The molecule has 0 unspecified atom stereocenters. The second-order valence-electron chi connectivity index (χ2n) is 5.30. The van der Waals surface area contributed by atoms with Crippen LogP contribution in [-0.2, 0) is 6.42 Å². The molecule has 0 spiro atoms. The zero-order valence-corrected chi connectivity index (χ0v) is 11.8. The minimum Gasteiger partial charge on any atom is -0.308 e. The number of para-hydroxylation sites is 1. The van der Waals surface area contributed by atoms with Gasteiger partial charge in [-0.25, -0.2) is 13.2 Å². The smallest absolute Gasteiger partial charge is 0.258 e. The van der Waals surface area contributed by atoms with E-state index in [1.54, 1.807) is 0 Å². The van der Waals surface area contributed by atoms with Gasteiger partial charge in [-0.05, 0) is 43.0 Å². The second kappa shape index (κ2) is 5.83. The number of hydrogen-bond donors (Lipinski definition) is 0. The number of carbonyl (C=O) groups is 1. The van der Waals surface area contributed by atoms with Crippen molar-refractivity contribution in [2.45, 2.75) is 19.3 Å². The van der Waals surface area contributed by atoms with Crippen LogP contribution in [0.15, 0.2) is 36.4 Å². The van der Waals surface area contributed by atoms with Crippen molar-refractivity contribution in [2.75, 3.05) is 11.4 Å². The van der Waals surface area contributed by atoms with Crippen LogP contribution in [0.2, 0.25) is 0 Å². The first-order valence-corrected chi connectivity index (χ1v) is 7.12. The van der Waals surface area contributed by atoms with E-state index in [0.29, 0.717) is 6.54 Å². The number of aryl methyl sites for hydroxylation is 1. The summed E-state index contributed by atoms with van der Waals surface area (Å²) in [6.07, 6.45) is 2.59. The number of anilines is 1. The first-order chi connectivity index (χ1) is 10.6. The normalized spacial score (nSPS) is 14.4. The fourth-order valence-corrected chi connectivity index (χ4v) is 2.74. The molecule has 1 amide bonds. The maximum Gasteiger partial charge on any atom is 0.258 e. The van der Waals surface area contributed by atoms with Gasteiger partial charge in [-0.15, -0.1) is 0 Å². The molecule has 22 heavy (non-hydrogen) atoms. The van der Waals surface area contributed by atoms with Crippen molar-refractivity contribution < 1.29 is 18.0 Å². The lowest BCUT2D eigenvalue weighted by Gasteiger charge is -2.23. The number of carbonyl (C=O) groups excluding carboxylic acids is 1. The van der Waals surface area contributed by atoms with Crippen LogP contribution in [-0.4, -0.2) is 12.5 Å². The summed E-state index contributed by atoms with van der Waals surface area (Å²) in [6, 6.07) is 8.95. The number of fused-ring (bicyclic) bond motifs is 1. The Hall–Kier alpha value is -2.30. The fourth-order valence-electron chi connectivity index (χ4n) is 2.74. The van der Waals surface area contributed by atoms with Crippen LogP contribution in [0.5, 0.6) is 0 Å². The first-order valence-electron chi connectivity index (χ1n) is 7.12. The summed E-state index contributed by atoms with van der Waals surface area (Å²) in [5.74, 6) is -4.79. The Balaban J connectivity index is 2.02. The molecule has 0 N–H and O–H groups in total. The van der Waals surface area contributed by atoms with Crippen LogP contribution in [0, 0.1) is 17.5 Å². The van der Waals surface area contributed by atoms with E-state index in [0.717, 1.165) is 42.6 Å². The zero-order valence-electron chi connectivity index (χ0n) is 11.8. The standard InChI is InChI=1S/C17H14F3NO/c18-13-9-12(10-14(19)16(13)20)17(22)21-8-4-3-6-11-5-1-2-7-15(11)21/h1-2,5,7,9-10H,3-4,6,8H2. The van der Waals surface area contributed by atoms with E-state index < -0.39 is 23.4 Å². The first kappa shape index (κ1) is 14.6. The van der Waals surface area contributed by atoms with Crippen LogP contribution in [0.3, 0.4) is 0 Å². The van der Waals surface area contributed by atoms with Gasteiger partial charge < -0.3 is 4.90 Å². The highest BCUT2D eigenvalue weighted by Gasteiger charge is 2.24. The van der Waals surface area contributed by atoms with Crippen LogP contribution < -0.4 is 4.90 Å². The molecule has 0 saturated carbocycles. The van der Waals surface area contributed by atoms with Crippen molar-refractivity contribution in [1.82, 2.24) is 0 Å². The van der Waals surface area contributed by atoms with Crippen molar-refractivity contribution in [1.29, 1.82) is 0 Å². The molecule has 0 saturated heterocycles. The quantitative estimate of drug-likeness (QED) is 0.727. The SMILES string of the molecule is O=C(c1cc(F)c(F)c(F)c1)N1CCCCc2ccccc21. The third-order valence-corrected chi connectivity index (χ3v) is 3.84. The summed E-state index contributed by atoms with van der Waals surface area (Å²) in [5, 5.41) is 0. The Kier molecular flexibility index (Phi) is 3.88. The van der Waals surface area contributed by atoms with Crippen molar-refractivity contribution in [2.24, 2.45) is 0 Å². The van der Waals surface area contributed by atoms with Gasteiger partial charge in [0.15, 0.2) is 17.5 Å². The molecule has 3 rings (SSSR count). The number of halogens is 3. The number of benzene rings is 2. The average Bonchev–Trinajstić information content (AvgIpc) is 2.73. The van der Waals surface area contributed by atoms with Crippen LogP contribution in [0.25, 0.3) is 0 Å². The van der Waals surface area contributed by atoms with Gasteiger partial charge in [-0.3, -0.25) is 4.79 Å². The second-order valence-corrected chi connectivity index (χ2v) is 5.30. The number of rotatable bonds is 1. The fraction of sp³-hybridized carbons (Fsp3) is 0.235. The molecule has 2 aromatic rings. The van der Waals surface area contributed by atoms with E-state index in [1.807, 2.05) is 24.3 Å².